The second-order valence-electron chi connectivity index (χ2n) is 2.33. The Morgan fingerprint density at radius 3 is 1.92 bits per heavy atom. The zero-order valence-electron chi connectivity index (χ0n) is 6.30. The molecule has 0 aliphatic rings. The van der Waals surface area contributed by atoms with Crippen molar-refractivity contribution in [1.29, 1.82) is 0 Å². The zero-order valence-corrected chi connectivity index (χ0v) is 7.11. The van der Waals surface area contributed by atoms with Gasteiger partial charge < -0.3 is 0 Å². The lowest BCUT2D eigenvalue weighted by molar-refractivity contribution is -0.132. The Bertz CT molecular complexity index is 231. The van der Waals surface area contributed by atoms with E-state index < -0.39 is 28.0 Å². The molecule has 1 N–H and O–H groups in total. The van der Waals surface area contributed by atoms with Gasteiger partial charge in [-0.2, -0.15) is 21.6 Å². The molecule has 0 aromatic rings. The summed E-state index contributed by atoms with van der Waals surface area (Å²) >= 11 is 0. The third kappa shape index (κ3) is 3.40. The molecule has 0 heterocycles. The summed E-state index contributed by atoms with van der Waals surface area (Å²) in [5.74, 6) is 0. The van der Waals surface area contributed by atoms with Gasteiger partial charge in [0.15, 0.2) is 5.25 Å². The molecular weight excluding hydrogens is 197 g/mol. The minimum absolute atomic E-state index is 0.0456. The van der Waals surface area contributed by atoms with Crippen LogP contribution in [-0.4, -0.2) is 24.4 Å². The Labute approximate surface area is 68.3 Å². The van der Waals surface area contributed by atoms with E-state index in [-0.39, 0.29) is 6.42 Å². The molecule has 0 spiro atoms. The molecule has 0 aliphatic heterocycles. The second kappa shape index (κ2) is 3.61. The Kier molecular flexibility index (Phi) is 3.52. The van der Waals surface area contributed by atoms with Crippen molar-refractivity contribution in [2.24, 2.45) is 0 Å². The Balaban J connectivity index is 4.70. The molecule has 7 heteroatoms. The molecule has 0 bridgehead atoms. The Hall–Kier alpha value is -0.300. The predicted octanol–water partition coefficient (Wildman–Crippen LogP) is 1.61. The first-order valence-electron chi connectivity index (χ1n) is 3.22. The molecule has 1 unspecified atom stereocenters. The quantitative estimate of drug-likeness (QED) is 0.713. The standard InChI is InChI=1S/C5H9F3O3S/c1-2-3-4(5(6,7)8)12(9,10)11/h4H,2-3H2,1H3,(H,9,10,11). The lowest BCUT2D eigenvalue weighted by Crippen LogP contribution is -2.36. The topological polar surface area (TPSA) is 54.4 Å². The molecule has 0 amide bonds. The number of rotatable bonds is 3. The van der Waals surface area contributed by atoms with Crippen LogP contribution in [0, 0.1) is 0 Å². The lowest BCUT2D eigenvalue weighted by atomic mass is 10.2. The second-order valence-corrected chi connectivity index (χ2v) is 3.93. The van der Waals surface area contributed by atoms with Gasteiger partial charge in [0.05, 0.1) is 0 Å². The summed E-state index contributed by atoms with van der Waals surface area (Å²) in [6.07, 6.45) is -5.45. The van der Waals surface area contributed by atoms with Crippen LogP contribution in [-0.2, 0) is 10.1 Å². The molecule has 0 saturated heterocycles. The summed E-state index contributed by atoms with van der Waals surface area (Å²) in [6.45, 7) is 1.41. The normalized spacial score (nSPS) is 16.1. The summed E-state index contributed by atoms with van der Waals surface area (Å²) in [4.78, 5) is 0. The van der Waals surface area contributed by atoms with Crippen LogP contribution in [0.3, 0.4) is 0 Å². The summed E-state index contributed by atoms with van der Waals surface area (Å²) in [6, 6.07) is 0. The lowest BCUT2D eigenvalue weighted by Gasteiger charge is -2.15. The molecule has 0 rings (SSSR count). The van der Waals surface area contributed by atoms with Gasteiger partial charge in [-0.3, -0.25) is 4.55 Å². The van der Waals surface area contributed by atoms with Crippen LogP contribution in [0.15, 0.2) is 0 Å². The highest BCUT2D eigenvalue weighted by molar-refractivity contribution is 7.86. The minimum atomic E-state index is -5.01. The fraction of sp³-hybridized carbons (Fsp3) is 1.00. The van der Waals surface area contributed by atoms with Crippen molar-refractivity contribution in [3.63, 3.8) is 0 Å². The molecular formula is C5H9F3O3S. The number of alkyl halides is 3. The van der Waals surface area contributed by atoms with Gasteiger partial charge in [0.1, 0.15) is 0 Å². The first kappa shape index (κ1) is 11.7. The van der Waals surface area contributed by atoms with E-state index in [0.717, 1.165) is 0 Å². The van der Waals surface area contributed by atoms with Crippen LogP contribution in [0.25, 0.3) is 0 Å². The van der Waals surface area contributed by atoms with Crippen LogP contribution in [0.1, 0.15) is 19.8 Å². The van der Waals surface area contributed by atoms with Crippen LogP contribution >= 0.6 is 0 Å². The molecule has 0 radical (unpaired) electrons. The van der Waals surface area contributed by atoms with E-state index in [1.807, 2.05) is 0 Å². The van der Waals surface area contributed by atoms with Crippen molar-refractivity contribution < 1.29 is 26.1 Å². The van der Waals surface area contributed by atoms with Crippen LogP contribution in [0.2, 0.25) is 0 Å². The third-order valence-corrected chi connectivity index (χ3v) is 2.50. The van der Waals surface area contributed by atoms with Crippen molar-refractivity contribution >= 4 is 10.1 Å². The molecule has 1 atom stereocenters. The average molecular weight is 206 g/mol. The van der Waals surface area contributed by atoms with E-state index in [1.54, 1.807) is 0 Å². The number of halogens is 3. The molecule has 12 heavy (non-hydrogen) atoms. The first-order chi connectivity index (χ1) is 5.19. The van der Waals surface area contributed by atoms with Gasteiger partial charge >= 0.3 is 6.18 Å². The average Bonchev–Trinajstić information content (AvgIpc) is 1.77. The van der Waals surface area contributed by atoms with Gasteiger partial charge in [0.25, 0.3) is 10.1 Å². The van der Waals surface area contributed by atoms with Gasteiger partial charge in [0, 0.05) is 0 Å². The Morgan fingerprint density at radius 1 is 1.42 bits per heavy atom. The van der Waals surface area contributed by atoms with E-state index in [1.165, 1.54) is 6.92 Å². The van der Waals surface area contributed by atoms with Gasteiger partial charge in [-0.05, 0) is 6.42 Å². The fourth-order valence-electron chi connectivity index (χ4n) is 0.744. The van der Waals surface area contributed by atoms with Crippen LogP contribution < -0.4 is 0 Å². The molecule has 74 valence electrons. The molecule has 3 nitrogen and oxygen atoms in total. The number of hydrogen-bond donors (Lipinski definition) is 1. The maximum Gasteiger partial charge on any atom is 0.407 e. The molecule has 0 fully saturated rings. The monoisotopic (exact) mass is 206 g/mol. The summed E-state index contributed by atoms with van der Waals surface area (Å²) < 4.78 is 64.2. The molecule has 0 aromatic carbocycles. The highest BCUT2D eigenvalue weighted by Crippen LogP contribution is 2.28. The van der Waals surface area contributed by atoms with E-state index in [0.29, 0.717) is 0 Å². The Morgan fingerprint density at radius 2 is 1.83 bits per heavy atom. The number of hydrogen-bond acceptors (Lipinski definition) is 2. The summed E-state index contributed by atoms with van der Waals surface area (Å²) in [5, 5.41) is -2.64. The van der Waals surface area contributed by atoms with Crippen molar-refractivity contribution in [2.45, 2.75) is 31.2 Å². The maximum atomic E-state index is 11.9. The highest BCUT2D eigenvalue weighted by Gasteiger charge is 2.47. The fourth-order valence-corrected chi connectivity index (χ4v) is 1.61. The molecule has 0 aromatic heterocycles. The predicted molar refractivity (Wildman–Crippen MR) is 36.3 cm³/mol. The van der Waals surface area contributed by atoms with E-state index in [9.17, 15) is 21.6 Å². The minimum Gasteiger partial charge on any atom is -0.285 e. The van der Waals surface area contributed by atoms with Gasteiger partial charge in [-0.15, -0.1) is 0 Å². The summed E-state index contributed by atoms with van der Waals surface area (Å²) in [7, 11) is -5.01. The van der Waals surface area contributed by atoms with Gasteiger partial charge in [0.2, 0.25) is 0 Å². The maximum absolute atomic E-state index is 11.9. The molecule has 0 aliphatic carbocycles. The smallest absolute Gasteiger partial charge is 0.285 e. The van der Waals surface area contributed by atoms with Gasteiger partial charge in [-0.1, -0.05) is 13.3 Å². The summed E-state index contributed by atoms with van der Waals surface area (Å²) in [5.41, 5.74) is 0. The SMILES string of the molecule is CCCC(C(F)(F)F)S(=O)(=O)O. The highest BCUT2D eigenvalue weighted by atomic mass is 32.2. The van der Waals surface area contributed by atoms with Crippen LogP contribution in [0.4, 0.5) is 13.2 Å². The largest absolute Gasteiger partial charge is 0.407 e. The first-order valence-corrected chi connectivity index (χ1v) is 4.73. The van der Waals surface area contributed by atoms with Crippen LogP contribution in [0.5, 0.6) is 0 Å². The third-order valence-electron chi connectivity index (χ3n) is 1.28. The van der Waals surface area contributed by atoms with Crippen molar-refractivity contribution in [3.8, 4) is 0 Å². The van der Waals surface area contributed by atoms with Gasteiger partial charge in [-0.25, -0.2) is 0 Å². The van der Waals surface area contributed by atoms with E-state index in [4.69, 9.17) is 4.55 Å². The van der Waals surface area contributed by atoms with Crippen molar-refractivity contribution in [2.75, 3.05) is 0 Å². The van der Waals surface area contributed by atoms with E-state index in [2.05, 4.69) is 0 Å². The van der Waals surface area contributed by atoms with Crippen molar-refractivity contribution in [3.05, 3.63) is 0 Å². The zero-order chi connectivity index (χ0) is 9.99. The van der Waals surface area contributed by atoms with E-state index >= 15 is 0 Å². The van der Waals surface area contributed by atoms with Crippen molar-refractivity contribution in [1.82, 2.24) is 0 Å². The molecule has 0 saturated carbocycles.